The molecule has 0 saturated carbocycles. The largest absolute Gasteiger partial charge is 0.486 e. The smallest absolute Gasteiger partial charge is 0.291 e. The Labute approximate surface area is 172 Å². The number of anilines is 2. The predicted octanol–water partition coefficient (Wildman–Crippen LogP) is 4.96. The van der Waals surface area contributed by atoms with Crippen LogP contribution in [0.3, 0.4) is 0 Å². The summed E-state index contributed by atoms with van der Waals surface area (Å²) in [5.41, 5.74) is 3.40. The molecule has 4 rings (SSSR count). The lowest BCUT2D eigenvalue weighted by molar-refractivity contribution is -0.116. The molecule has 6 nitrogen and oxygen atoms in total. The van der Waals surface area contributed by atoms with E-state index in [4.69, 9.17) is 20.8 Å². The Morgan fingerprint density at radius 3 is 2.86 bits per heavy atom. The van der Waals surface area contributed by atoms with E-state index < -0.39 is 0 Å². The van der Waals surface area contributed by atoms with Crippen molar-refractivity contribution >= 4 is 34.8 Å². The molecule has 148 valence electrons. The van der Waals surface area contributed by atoms with E-state index in [0.717, 1.165) is 16.8 Å². The topological polar surface area (TPSA) is 80.6 Å². The Morgan fingerprint density at radius 1 is 1.17 bits per heavy atom. The molecule has 2 heterocycles. The number of nitrogens with one attached hydrogen (secondary N) is 2. The zero-order chi connectivity index (χ0) is 20.4. The van der Waals surface area contributed by atoms with Gasteiger partial charge in [0.25, 0.3) is 5.91 Å². The molecule has 1 aromatic heterocycles. The van der Waals surface area contributed by atoms with Crippen molar-refractivity contribution in [1.82, 2.24) is 0 Å². The third kappa shape index (κ3) is 4.43. The molecule has 0 spiro atoms. The third-order valence-electron chi connectivity index (χ3n) is 4.67. The average Bonchev–Trinajstić information content (AvgIpc) is 3.18. The van der Waals surface area contributed by atoms with Crippen molar-refractivity contribution in [3.63, 3.8) is 0 Å². The summed E-state index contributed by atoms with van der Waals surface area (Å²) in [5.74, 6) is 1.06. The van der Waals surface area contributed by atoms with Crippen molar-refractivity contribution < 1.29 is 18.7 Å². The molecule has 29 heavy (non-hydrogen) atoms. The predicted molar refractivity (Wildman–Crippen MR) is 111 cm³/mol. The number of aryl methyl sites for hydroxylation is 2. The number of carbonyl (C=O) groups excluding carboxylic acids is 2. The summed E-state index contributed by atoms with van der Waals surface area (Å²) < 4.78 is 11.4. The van der Waals surface area contributed by atoms with E-state index in [-0.39, 0.29) is 24.2 Å². The van der Waals surface area contributed by atoms with Gasteiger partial charge in [-0.15, -0.1) is 0 Å². The second-order valence-electron chi connectivity index (χ2n) is 6.84. The van der Waals surface area contributed by atoms with E-state index >= 15 is 0 Å². The highest BCUT2D eigenvalue weighted by Gasteiger charge is 2.16. The van der Waals surface area contributed by atoms with E-state index in [0.29, 0.717) is 35.1 Å². The number of hydrogen-bond donors (Lipinski definition) is 2. The van der Waals surface area contributed by atoms with Crippen LogP contribution < -0.4 is 15.4 Å². The van der Waals surface area contributed by atoms with Gasteiger partial charge in [0, 0.05) is 22.8 Å². The van der Waals surface area contributed by atoms with E-state index in [1.165, 1.54) is 0 Å². The molecule has 1 aliphatic rings. The van der Waals surface area contributed by atoms with E-state index in [1.807, 2.05) is 25.1 Å². The number of fused-ring (bicyclic) bond motifs is 1. The van der Waals surface area contributed by atoms with Crippen molar-refractivity contribution in [2.45, 2.75) is 26.4 Å². The summed E-state index contributed by atoms with van der Waals surface area (Å²) in [6.45, 7) is 2.08. The molecule has 2 amide bonds. The molecule has 1 aliphatic heterocycles. The maximum atomic E-state index is 12.4. The Bertz CT molecular complexity index is 1090. The normalized spacial score (nSPS) is 12.8. The van der Waals surface area contributed by atoms with Gasteiger partial charge >= 0.3 is 0 Å². The number of amides is 2. The SMILES string of the molecule is Cc1ccc(NC(=O)c2ccc(COc3ccc4c(c3)CCC(=O)N4)o2)cc1Cl. The number of hydrogen-bond acceptors (Lipinski definition) is 4. The van der Waals surface area contributed by atoms with Gasteiger partial charge in [0.15, 0.2) is 5.76 Å². The van der Waals surface area contributed by atoms with Gasteiger partial charge < -0.3 is 19.8 Å². The number of rotatable bonds is 5. The summed E-state index contributed by atoms with van der Waals surface area (Å²) in [6, 6.07) is 14.2. The highest BCUT2D eigenvalue weighted by atomic mass is 35.5. The van der Waals surface area contributed by atoms with Crippen LogP contribution in [0.5, 0.6) is 5.75 Å². The Hall–Kier alpha value is -3.25. The number of benzene rings is 2. The number of ether oxygens (including phenoxy) is 1. The van der Waals surface area contributed by atoms with Gasteiger partial charge in [-0.2, -0.15) is 0 Å². The Balaban J connectivity index is 1.37. The first-order valence-electron chi connectivity index (χ1n) is 9.20. The van der Waals surface area contributed by atoms with Crippen LogP contribution in [0.2, 0.25) is 5.02 Å². The van der Waals surface area contributed by atoms with Crippen molar-refractivity contribution in [3.8, 4) is 5.75 Å². The molecule has 0 atom stereocenters. The monoisotopic (exact) mass is 410 g/mol. The molecular formula is C22H19ClN2O4. The zero-order valence-corrected chi connectivity index (χ0v) is 16.5. The molecule has 0 aliphatic carbocycles. The number of carbonyl (C=O) groups is 2. The van der Waals surface area contributed by atoms with Gasteiger partial charge in [0.05, 0.1) is 0 Å². The lowest BCUT2D eigenvalue weighted by Gasteiger charge is -2.17. The minimum absolute atomic E-state index is 0.0282. The fourth-order valence-corrected chi connectivity index (χ4v) is 3.23. The fourth-order valence-electron chi connectivity index (χ4n) is 3.04. The average molecular weight is 411 g/mol. The van der Waals surface area contributed by atoms with Crippen LogP contribution in [0.15, 0.2) is 52.9 Å². The standard InChI is InChI=1S/C22H19ClN2O4/c1-13-2-4-15(11-18(13)23)24-22(27)20-8-6-17(29-20)12-28-16-5-7-19-14(10-16)3-9-21(26)25-19/h2,4-8,10-11H,3,9,12H2,1H3,(H,24,27)(H,25,26). The highest BCUT2D eigenvalue weighted by molar-refractivity contribution is 6.31. The minimum Gasteiger partial charge on any atom is -0.486 e. The summed E-state index contributed by atoms with van der Waals surface area (Å²) in [7, 11) is 0. The fraction of sp³-hybridized carbons (Fsp3) is 0.182. The molecular weight excluding hydrogens is 392 g/mol. The minimum atomic E-state index is -0.360. The first kappa shape index (κ1) is 19.1. The molecule has 7 heteroatoms. The Kier molecular flexibility index (Phi) is 5.27. The van der Waals surface area contributed by atoms with Gasteiger partial charge in [-0.3, -0.25) is 9.59 Å². The van der Waals surface area contributed by atoms with Gasteiger partial charge in [-0.25, -0.2) is 0 Å². The quantitative estimate of drug-likeness (QED) is 0.623. The van der Waals surface area contributed by atoms with E-state index in [9.17, 15) is 9.59 Å². The molecule has 2 N–H and O–H groups in total. The van der Waals surface area contributed by atoms with Crippen molar-refractivity contribution in [2.24, 2.45) is 0 Å². The maximum Gasteiger partial charge on any atom is 0.291 e. The molecule has 0 fully saturated rings. The summed E-state index contributed by atoms with van der Waals surface area (Å²) in [6.07, 6.45) is 1.16. The van der Waals surface area contributed by atoms with Gasteiger partial charge in [-0.1, -0.05) is 17.7 Å². The summed E-state index contributed by atoms with van der Waals surface area (Å²) in [4.78, 5) is 23.8. The van der Waals surface area contributed by atoms with Crippen molar-refractivity contribution in [2.75, 3.05) is 10.6 Å². The van der Waals surface area contributed by atoms with Gasteiger partial charge in [0.1, 0.15) is 18.1 Å². The molecule has 0 unspecified atom stereocenters. The number of furan rings is 1. The van der Waals surface area contributed by atoms with Crippen LogP contribution in [-0.2, 0) is 17.8 Å². The number of halogens is 1. The van der Waals surface area contributed by atoms with Crippen molar-refractivity contribution in [1.29, 1.82) is 0 Å². The van der Waals surface area contributed by atoms with E-state index in [1.54, 1.807) is 30.3 Å². The van der Waals surface area contributed by atoms with Crippen LogP contribution >= 0.6 is 11.6 Å². The van der Waals surface area contributed by atoms with Crippen LogP contribution in [0, 0.1) is 6.92 Å². The van der Waals surface area contributed by atoms with Crippen LogP contribution in [0.25, 0.3) is 0 Å². The lowest BCUT2D eigenvalue weighted by atomic mass is 10.0. The van der Waals surface area contributed by atoms with E-state index in [2.05, 4.69) is 10.6 Å². The van der Waals surface area contributed by atoms with Crippen LogP contribution in [0.1, 0.15) is 33.9 Å². The lowest BCUT2D eigenvalue weighted by Crippen LogP contribution is -2.18. The first-order chi connectivity index (χ1) is 14.0. The van der Waals surface area contributed by atoms with Gasteiger partial charge in [0.2, 0.25) is 5.91 Å². The molecule has 2 aromatic carbocycles. The Morgan fingerprint density at radius 2 is 2.03 bits per heavy atom. The van der Waals surface area contributed by atoms with Crippen LogP contribution in [0.4, 0.5) is 11.4 Å². The summed E-state index contributed by atoms with van der Waals surface area (Å²) in [5, 5.41) is 6.18. The maximum absolute atomic E-state index is 12.4. The highest BCUT2D eigenvalue weighted by Crippen LogP contribution is 2.27. The third-order valence-corrected chi connectivity index (χ3v) is 5.08. The molecule has 0 bridgehead atoms. The molecule has 0 radical (unpaired) electrons. The molecule has 0 saturated heterocycles. The van der Waals surface area contributed by atoms with Gasteiger partial charge in [-0.05, 0) is 66.9 Å². The second kappa shape index (κ2) is 8.01. The second-order valence-corrected chi connectivity index (χ2v) is 7.25. The summed E-state index contributed by atoms with van der Waals surface area (Å²) >= 11 is 6.09. The molecule has 3 aromatic rings. The van der Waals surface area contributed by atoms with Crippen molar-refractivity contribution in [3.05, 3.63) is 76.2 Å². The first-order valence-corrected chi connectivity index (χ1v) is 9.57. The van der Waals surface area contributed by atoms with Crippen LogP contribution in [-0.4, -0.2) is 11.8 Å². The zero-order valence-electron chi connectivity index (χ0n) is 15.8.